The predicted octanol–water partition coefficient (Wildman–Crippen LogP) is 6.99. The highest BCUT2D eigenvalue weighted by molar-refractivity contribution is 7.99. The SMILES string of the molecule is CCOc1cncc(C#Cc2cc(C(=O)N3CCN(c4ccc(C(=O)NS(=O)(=O)c5ccc(NCCSc6ccccc6)c(C(F)(F)F)c5)nn4)CC3)cc(C(F)(F)F)c2)c1. The van der Waals surface area contributed by atoms with E-state index in [-0.39, 0.29) is 55.4 Å². The minimum absolute atomic E-state index is 0.0351. The van der Waals surface area contributed by atoms with E-state index in [1.807, 2.05) is 30.3 Å². The summed E-state index contributed by atoms with van der Waals surface area (Å²) in [5, 5.41) is 10.5. The Morgan fingerprint density at radius 1 is 0.836 bits per heavy atom. The van der Waals surface area contributed by atoms with Crippen molar-refractivity contribution < 1.29 is 49.1 Å². The number of benzene rings is 3. The molecule has 1 fully saturated rings. The molecule has 12 nitrogen and oxygen atoms in total. The van der Waals surface area contributed by atoms with Crippen molar-refractivity contribution in [3.8, 4) is 17.6 Å². The number of carbonyl (C=O) groups excluding carboxylic acids is 2. The second-order valence-corrected chi connectivity index (χ2v) is 16.0. The van der Waals surface area contributed by atoms with Crippen molar-refractivity contribution in [2.24, 2.45) is 0 Å². The number of alkyl halides is 6. The van der Waals surface area contributed by atoms with E-state index in [0.29, 0.717) is 29.7 Å². The third-order valence-electron chi connectivity index (χ3n) is 8.92. The molecule has 0 saturated carbocycles. The molecule has 1 aliphatic rings. The number of pyridine rings is 1. The van der Waals surface area contributed by atoms with E-state index in [1.165, 1.54) is 47.3 Å². The first-order valence-electron chi connectivity index (χ1n) is 18.4. The molecule has 2 aromatic heterocycles. The number of ether oxygens (including phenoxy) is 1. The van der Waals surface area contributed by atoms with Crippen LogP contribution >= 0.6 is 11.8 Å². The number of anilines is 2. The second kappa shape index (κ2) is 18.9. The molecule has 6 rings (SSSR count). The van der Waals surface area contributed by atoms with E-state index in [9.17, 15) is 44.3 Å². The van der Waals surface area contributed by atoms with Gasteiger partial charge in [-0.25, -0.2) is 13.1 Å². The van der Waals surface area contributed by atoms with Gasteiger partial charge in [0.05, 0.1) is 28.8 Å². The van der Waals surface area contributed by atoms with Crippen LogP contribution in [0.3, 0.4) is 0 Å². The van der Waals surface area contributed by atoms with Crippen molar-refractivity contribution in [2.45, 2.75) is 29.1 Å². The maximum Gasteiger partial charge on any atom is 0.418 e. The van der Waals surface area contributed by atoms with Gasteiger partial charge in [0.15, 0.2) is 11.5 Å². The highest BCUT2D eigenvalue weighted by atomic mass is 32.2. The number of carbonyl (C=O) groups is 2. The summed E-state index contributed by atoms with van der Waals surface area (Å²) in [4.78, 5) is 33.6. The number of sulfonamides is 1. The summed E-state index contributed by atoms with van der Waals surface area (Å²) in [7, 11) is -4.79. The van der Waals surface area contributed by atoms with E-state index in [0.717, 1.165) is 29.2 Å². The Balaban J connectivity index is 1.07. The number of piperazine rings is 1. The van der Waals surface area contributed by atoms with E-state index in [2.05, 4.69) is 32.3 Å². The number of nitrogens with zero attached hydrogens (tertiary/aromatic N) is 5. The quantitative estimate of drug-likeness (QED) is 0.0579. The fraction of sp³-hybridized carbons (Fsp3) is 0.244. The lowest BCUT2D eigenvalue weighted by atomic mass is 10.0. The Hall–Kier alpha value is -6.33. The normalized spacial score (nSPS) is 13.2. The lowest BCUT2D eigenvalue weighted by Crippen LogP contribution is -2.49. The summed E-state index contributed by atoms with van der Waals surface area (Å²) >= 11 is 1.43. The van der Waals surface area contributed by atoms with Crippen LogP contribution in [0.25, 0.3) is 0 Å². The van der Waals surface area contributed by atoms with Crippen molar-refractivity contribution in [2.75, 3.05) is 55.3 Å². The molecule has 5 aromatic rings. The summed E-state index contributed by atoms with van der Waals surface area (Å²) in [5.41, 5.74) is -2.91. The second-order valence-electron chi connectivity index (χ2n) is 13.2. The van der Waals surface area contributed by atoms with Crippen molar-refractivity contribution in [3.63, 3.8) is 0 Å². The Bertz CT molecular complexity index is 2540. The van der Waals surface area contributed by atoms with Crippen LogP contribution in [0.2, 0.25) is 0 Å². The molecule has 61 heavy (non-hydrogen) atoms. The number of hydrogen-bond donors (Lipinski definition) is 2. The molecular weight excluding hydrogens is 849 g/mol. The van der Waals surface area contributed by atoms with Gasteiger partial charge in [0, 0.05) is 71.9 Å². The average molecular weight is 884 g/mol. The highest BCUT2D eigenvalue weighted by Gasteiger charge is 2.36. The number of rotatable bonds is 12. The van der Waals surface area contributed by atoms with Gasteiger partial charge in [0.2, 0.25) is 0 Å². The first kappa shape index (κ1) is 44.2. The summed E-state index contributed by atoms with van der Waals surface area (Å²) in [6, 6.07) is 18.6. The largest absolute Gasteiger partial charge is 0.492 e. The standard InChI is InChI=1S/C41H35F6N7O5S2/c1-2-59-31-22-28(25-48-26-31)9-8-27-20-29(23-30(21-27)40(42,43)44)39(56)54-17-15-53(16-18-54)37-13-12-36(50-51-37)38(55)52-61(57,58)33-10-11-35(34(24-33)41(45,46)47)49-14-19-60-32-6-4-3-5-7-32/h3-7,10-13,20-26,49H,2,14-19H2,1H3,(H,52,55). The van der Waals surface area contributed by atoms with Gasteiger partial charge in [0.1, 0.15) is 5.75 Å². The lowest BCUT2D eigenvalue weighted by molar-refractivity contribution is -0.138. The molecule has 0 atom stereocenters. The van der Waals surface area contributed by atoms with Crippen LogP contribution < -0.4 is 19.7 Å². The topological polar surface area (TPSA) is 147 Å². The monoisotopic (exact) mass is 883 g/mol. The Labute approximate surface area is 350 Å². The Morgan fingerprint density at radius 2 is 1.57 bits per heavy atom. The van der Waals surface area contributed by atoms with Gasteiger partial charge in [-0.1, -0.05) is 30.0 Å². The van der Waals surface area contributed by atoms with Crippen LogP contribution in [0, 0.1) is 11.8 Å². The highest BCUT2D eigenvalue weighted by Crippen LogP contribution is 2.37. The number of hydrogen-bond acceptors (Lipinski definition) is 11. The molecule has 20 heteroatoms. The minimum atomic E-state index is -4.92. The third kappa shape index (κ3) is 11.7. The molecular formula is C41H35F6N7O5S2. The van der Waals surface area contributed by atoms with Gasteiger partial charge in [-0.15, -0.1) is 22.0 Å². The molecule has 318 valence electrons. The van der Waals surface area contributed by atoms with Crippen molar-refractivity contribution in [3.05, 3.63) is 131 Å². The van der Waals surface area contributed by atoms with E-state index in [4.69, 9.17) is 4.74 Å². The van der Waals surface area contributed by atoms with Crippen LogP contribution in [0.15, 0.2) is 107 Å². The minimum Gasteiger partial charge on any atom is -0.492 e. The maximum atomic E-state index is 14.0. The summed E-state index contributed by atoms with van der Waals surface area (Å²) in [6.45, 7) is 2.82. The zero-order chi connectivity index (χ0) is 43.8. The Morgan fingerprint density at radius 3 is 2.25 bits per heavy atom. The summed E-state index contributed by atoms with van der Waals surface area (Å²) < 4.78 is 117. The van der Waals surface area contributed by atoms with Crippen LogP contribution in [0.5, 0.6) is 5.75 Å². The molecule has 0 unspecified atom stereocenters. The fourth-order valence-electron chi connectivity index (χ4n) is 5.98. The van der Waals surface area contributed by atoms with Gasteiger partial charge < -0.3 is 19.9 Å². The number of nitrogens with one attached hydrogen (secondary N) is 2. The maximum absolute atomic E-state index is 14.0. The molecule has 0 aliphatic carbocycles. The molecule has 1 saturated heterocycles. The summed E-state index contributed by atoms with van der Waals surface area (Å²) in [6.07, 6.45) is -6.77. The Kier molecular flexibility index (Phi) is 13.7. The fourth-order valence-corrected chi connectivity index (χ4v) is 7.76. The van der Waals surface area contributed by atoms with E-state index in [1.54, 1.807) is 22.6 Å². The first-order chi connectivity index (χ1) is 29.0. The van der Waals surface area contributed by atoms with Gasteiger partial charge in [-0.05, 0) is 73.7 Å². The molecule has 2 N–H and O–H groups in total. The number of aromatic nitrogens is 3. The van der Waals surface area contributed by atoms with Gasteiger partial charge >= 0.3 is 12.4 Å². The predicted molar refractivity (Wildman–Crippen MR) is 215 cm³/mol. The van der Waals surface area contributed by atoms with Crippen LogP contribution in [0.1, 0.15) is 50.0 Å². The van der Waals surface area contributed by atoms with E-state index < -0.39 is 55.9 Å². The first-order valence-corrected chi connectivity index (χ1v) is 20.9. The van der Waals surface area contributed by atoms with Crippen molar-refractivity contribution in [1.82, 2.24) is 24.8 Å². The molecule has 0 spiro atoms. The third-order valence-corrected chi connectivity index (χ3v) is 11.3. The average Bonchev–Trinajstić information content (AvgIpc) is 3.24. The van der Waals surface area contributed by atoms with Crippen LogP contribution in [0.4, 0.5) is 37.8 Å². The molecule has 3 aromatic carbocycles. The van der Waals surface area contributed by atoms with Crippen LogP contribution in [-0.2, 0) is 22.4 Å². The molecule has 3 heterocycles. The molecule has 0 radical (unpaired) electrons. The number of halogens is 6. The van der Waals surface area contributed by atoms with Crippen molar-refractivity contribution >= 4 is 45.1 Å². The van der Waals surface area contributed by atoms with Crippen LogP contribution in [-0.4, -0.2) is 85.4 Å². The molecule has 1 aliphatic heterocycles. The zero-order valence-electron chi connectivity index (χ0n) is 32.0. The molecule has 0 bridgehead atoms. The van der Waals surface area contributed by atoms with Gasteiger partial charge in [0.25, 0.3) is 21.8 Å². The van der Waals surface area contributed by atoms with Gasteiger partial charge in [-0.2, -0.15) is 26.3 Å². The van der Waals surface area contributed by atoms with E-state index >= 15 is 0 Å². The summed E-state index contributed by atoms with van der Waals surface area (Å²) in [5.74, 6) is 4.65. The molecule has 2 amide bonds. The van der Waals surface area contributed by atoms with Gasteiger partial charge in [-0.3, -0.25) is 14.6 Å². The van der Waals surface area contributed by atoms with Crippen molar-refractivity contribution in [1.29, 1.82) is 0 Å². The number of thioether (sulfide) groups is 1. The zero-order valence-corrected chi connectivity index (χ0v) is 33.7. The smallest absolute Gasteiger partial charge is 0.418 e. The lowest BCUT2D eigenvalue weighted by Gasteiger charge is -2.35. The number of amides is 2.